The minimum absolute atomic E-state index is 0.243. The summed E-state index contributed by atoms with van der Waals surface area (Å²) in [6.45, 7) is 6.96. The predicted octanol–water partition coefficient (Wildman–Crippen LogP) is 3.54. The van der Waals surface area contributed by atoms with Crippen LogP contribution in [0.4, 0.5) is 4.79 Å². The van der Waals surface area contributed by atoms with Gasteiger partial charge in [0.2, 0.25) is 0 Å². The van der Waals surface area contributed by atoms with E-state index in [-0.39, 0.29) is 6.09 Å². The number of likely N-dealkylation sites (tertiary alicyclic amines) is 1. The van der Waals surface area contributed by atoms with Gasteiger partial charge in [0, 0.05) is 13.1 Å². The van der Waals surface area contributed by atoms with E-state index in [0.717, 1.165) is 18.5 Å². The lowest BCUT2D eigenvalue weighted by Crippen LogP contribution is -2.40. The number of piperidine rings is 1. The molecule has 0 aromatic carbocycles. The maximum absolute atomic E-state index is 12.0. The van der Waals surface area contributed by atoms with Gasteiger partial charge in [-0.15, -0.1) is 10.2 Å². The van der Waals surface area contributed by atoms with E-state index in [4.69, 9.17) is 16.3 Å². The number of halogens is 1. The van der Waals surface area contributed by atoms with Crippen molar-refractivity contribution in [2.75, 3.05) is 13.1 Å². The second-order valence-electron chi connectivity index (χ2n) is 6.05. The second-order valence-corrected chi connectivity index (χ2v) is 6.44. The normalized spacial score (nSPS) is 15.8. The summed E-state index contributed by atoms with van der Waals surface area (Å²) in [5.74, 6) is 0. The molecule has 0 spiro atoms. The van der Waals surface area contributed by atoms with Crippen LogP contribution in [0.1, 0.15) is 39.3 Å². The Labute approximate surface area is 129 Å². The van der Waals surface area contributed by atoms with Crippen molar-refractivity contribution in [3.8, 4) is 0 Å². The zero-order chi connectivity index (χ0) is 15.5. The van der Waals surface area contributed by atoms with Crippen LogP contribution in [0.3, 0.4) is 0 Å². The molecule has 1 aromatic heterocycles. The number of aromatic nitrogens is 2. The molecule has 1 saturated heterocycles. The van der Waals surface area contributed by atoms with Gasteiger partial charge >= 0.3 is 6.09 Å². The summed E-state index contributed by atoms with van der Waals surface area (Å²) in [4.78, 5) is 13.7. The van der Waals surface area contributed by atoms with Crippen molar-refractivity contribution >= 4 is 23.8 Å². The van der Waals surface area contributed by atoms with E-state index < -0.39 is 5.60 Å². The van der Waals surface area contributed by atoms with Crippen LogP contribution < -0.4 is 0 Å². The van der Waals surface area contributed by atoms with Gasteiger partial charge in [0.15, 0.2) is 5.15 Å². The second kappa shape index (κ2) is 6.43. The highest BCUT2D eigenvalue weighted by atomic mass is 35.5. The van der Waals surface area contributed by atoms with Crippen molar-refractivity contribution in [3.05, 3.63) is 28.6 Å². The van der Waals surface area contributed by atoms with Crippen molar-refractivity contribution in [1.82, 2.24) is 15.1 Å². The standard InChI is InChI=1S/C15H20ClN3O2/c1-15(2,3)21-14(20)19-8-6-11(7-9-19)10-12-4-5-13(16)18-17-12/h4-5,10H,6-9H2,1-3H3. The maximum Gasteiger partial charge on any atom is 0.410 e. The van der Waals surface area contributed by atoms with Gasteiger partial charge in [-0.25, -0.2) is 4.79 Å². The van der Waals surface area contributed by atoms with Crippen molar-refractivity contribution in [2.45, 2.75) is 39.2 Å². The average molecular weight is 310 g/mol. The van der Waals surface area contributed by atoms with Crippen LogP contribution in [0.25, 0.3) is 6.08 Å². The molecule has 2 heterocycles. The van der Waals surface area contributed by atoms with E-state index in [1.54, 1.807) is 11.0 Å². The van der Waals surface area contributed by atoms with E-state index in [9.17, 15) is 4.79 Å². The molecule has 114 valence electrons. The molecule has 0 radical (unpaired) electrons. The van der Waals surface area contributed by atoms with E-state index >= 15 is 0 Å². The maximum atomic E-state index is 12.0. The third-order valence-electron chi connectivity index (χ3n) is 3.06. The number of rotatable bonds is 1. The molecule has 0 atom stereocenters. The Balaban J connectivity index is 1.91. The molecule has 5 nitrogen and oxygen atoms in total. The van der Waals surface area contributed by atoms with Crippen LogP contribution in [-0.4, -0.2) is 39.9 Å². The Morgan fingerprint density at radius 2 is 1.95 bits per heavy atom. The molecule has 0 saturated carbocycles. The lowest BCUT2D eigenvalue weighted by Gasteiger charge is -2.31. The van der Waals surface area contributed by atoms with Gasteiger partial charge in [-0.05, 0) is 51.8 Å². The van der Waals surface area contributed by atoms with Crippen LogP contribution in [0, 0.1) is 0 Å². The molecule has 2 rings (SSSR count). The lowest BCUT2D eigenvalue weighted by molar-refractivity contribution is 0.0237. The highest BCUT2D eigenvalue weighted by molar-refractivity contribution is 6.29. The number of amides is 1. The van der Waals surface area contributed by atoms with Gasteiger partial charge < -0.3 is 9.64 Å². The molecular weight excluding hydrogens is 290 g/mol. The Bertz CT molecular complexity index is 525. The Hall–Kier alpha value is -1.62. The summed E-state index contributed by atoms with van der Waals surface area (Å²) in [7, 11) is 0. The summed E-state index contributed by atoms with van der Waals surface area (Å²) in [5, 5.41) is 8.21. The minimum atomic E-state index is -0.452. The molecule has 0 unspecified atom stereocenters. The highest BCUT2D eigenvalue weighted by Crippen LogP contribution is 2.20. The van der Waals surface area contributed by atoms with Gasteiger partial charge in [0.1, 0.15) is 5.60 Å². The van der Waals surface area contributed by atoms with Crippen LogP contribution in [0.5, 0.6) is 0 Å². The molecule has 0 aliphatic carbocycles. The summed E-state index contributed by atoms with van der Waals surface area (Å²) in [6.07, 6.45) is 3.41. The van der Waals surface area contributed by atoms with Crippen LogP contribution in [0.15, 0.2) is 17.7 Å². The fraction of sp³-hybridized carbons (Fsp3) is 0.533. The fourth-order valence-corrected chi connectivity index (χ4v) is 2.16. The molecule has 1 aliphatic heterocycles. The number of carbonyl (C=O) groups excluding carboxylic acids is 1. The smallest absolute Gasteiger partial charge is 0.410 e. The van der Waals surface area contributed by atoms with Gasteiger partial charge in [0.05, 0.1) is 5.69 Å². The Kier molecular flexibility index (Phi) is 4.83. The van der Waals surface area contributed by atoms with Gasteiger partial charge in [-0.1, -0.05) is 17.2 Å². The third kappa shape index (κ3) is 5.01. The predicted molar refractivity (Wildman–Crippen MR) is 82.1 cm³/mol. The lowest BCUT2D eigenvalue weighted by atomic mass is 10.0. The summed E-state index contributed by atoms with van der Waals surface area (Å²) >= 11 is 5.71. The topological polar surface area (TPSA) is 55.3 Å². The van der Waals surface area contributed by atoms with E-state index in [1.807, 2.05) is 32.9 Å². The molecular formula is C15H20ClN3O2. The van der Waals surface area contributed by atoms with Crippen LogP contribution in [-0.2, 0) is 4.74 Å². The van der Waals surface area contributed by atoms with Gasteiger partial charge in [-0.2, -0.15) is 0 Å². The zero-order valence-corrected chi connectivity index (χ0v) is 13.4. The summed E-state index contributed by atoms with van der Waals surface area (Å²) in [6, 6.07) is 3.55. The van der Waals surface area contributed by atoms with Crippen LogP contribution in [0.2, 0.25) is 5.15 Å². The van der Waals surface area contributed by atoms with Crippen molar-refractivity contribution in [3.63, 3.8) is 0 Å². The van der Waals surface area contributed by atoms with Crippen molar-refractivity contribution in [1.29, 1.82) is 0 Å². The number of carbonyl (C=O) groups is 1. The minimum Gasteiger partial charge on any atom is -0.444 e. The third-order valence-corrected chi connectivity index (χ3v) is 3.26. The SMILES string of the molecule is CC(C)(C)OC(=O)N1CCC(=Cc2ccc(Cl)nn2)CC1. The first kappa shape index (κ1) is 15.8. The van der Waals surface area contributed by atoms with E-state index in [1.165, 1.54) is 5.57 Å². The summed E-state index contributed by atoms with van der Waals surface area (Å²) in [5.41, 5.74) is 1.60. The average Bonchev–Trinajstić information content (AvgIpc) is 2.40. The molecule has 1 aromatic rings. The van der Waals surface area contributed by atoms with Crippen LogP contribution >= 0.6 is 11.6 Å². The Morgan fingerprint density at radius 3 is 2.48 bits per heavy atom. The van der Waals surface area contributed by atoms with E-state index in [0.29, 0.717) is 18.2 Å². The molecule has 1 aliphatic rings. The zero-order valence-electron chi connectivity index (χ0n) is 12.6. The largest absolute Gasteiger partial charge is 0.444 e. The van der Waals surface area contributed by atoms with Gasteiger partial charge in [0.25, 0.3) is 0 Å². The molecule has 21 heavy (non-hydrogen) atoms. The number of hydrogen-bond donors (Lipinski definition) is 0. The summed E-state index contributed by atoms with van der Waals surface area (Å²) < 4.78 is 5.37. The monoisotopic (exact) mass is 309 g/mol. The molecule has 6 heteroatoms. The molecule has 0 bridgehead atoms. The number of ether oxygens (including phenoxy) is 1. The molecule has 0 N–H and O–H groups in total. The molecule has 1 amide bonds. The Morgan fingerprint density at radius 1 is 1.29 bits per heavy atom. The highest BCUT2D eigenvalue weighted by Gasteiger charge is 2.24. The van der Waals surface area contributed by atoms with Crippen molar-refractivity contribution in [2.24, 2.45) is 0 Å². The molecule has 1 fully saturated rings. The first-order valence-corrected chi connectivity index (χ1v) is 7.38. The van der Waals surface area contributed by atoms with E-state index in [2.05, 4.69) is 10.2 Å². The van der Waals surface area contributed by atoms with Crippen molar-refractivity contribution < 1.29 is 9.53 Å². The quantitative estimate of drug-likeness (QED) is 0.796. The number of hydrogen-bond acceptors (Lipinski definition) is 4. The fourth-order valence-electron chi connectivity index (χ4n) is 2.06. The first-order chi connectivity index (χ1) is 9.83. The van der Waals surface area contributed by atoms with Gasteiger partial charge in [-0.3, -0.25) is 0 Å². The first-order valence-electron chi connectivity index (χ1n) is 7.00. The number of nitrogens with zero attached hydrogens (tertiary/aromatic N) is 3.